The molecule has 1 unspecified atom stereocenters. The van der Waals surface area contributed by atoms with Gasteiger partial charge in [-0.05, 0) is 36.4 Å². The molecule has 10 heteroatoms. The highest BCUT2D eigenvalue weighted by atomic mass is 79.9. The molecule has 1 heterocycles. The maximum absolute atomic E-state index is 16.0. The van der Waals surface area contributed by atoms with Crippen molar-refractivity contribution in [3.05, 3.63) is 108 Å². The number of esters is 3. The summed E-state index contributed by atoms with van der Waals surface area (Å²) in [6.45, 7) is -0.390. The Morgan fingerprint density at radius 2 is 1.18 bits per heavy atom. The maximum atomic E-state index is 16.0. The second kappa shape index (κ2) is 14.0. The van der Waals surface area contributed by atoms with Gasteiger partial charge < -0.3 is 23.7 Å². The molecule has 0 amide bonds. The second-order valence-corrected chi connectivity index (χ2v) is 9.28. The molecule has 0 aliphatic carbocycles. The van der Waals surface area contributed by atoms with Gasteiger partial charge in [0.1, 0.15) is 12.7 Å². The van der Waals surface area contributed by atoms with Crippen molar-refractivity contribution in [2.24, 2.45) is 0 Å². The van der Waals surface area contributed by atoms with E-state index < -0.39 is 55.3 Å². The molecule has 5 atom stereocenters. The average molecular weight is 601 g/mol. The number of carbonyl (C=O) groups excluding carboxylic acids is 3. The van der Waals surface area contributed by atoms with Gasteiger partial charge in [-0.25, -0.2) is 18.8 Å². The van der Waals surface area contributed by atoms with Gasteiger partial charge >= 0.3 is 17.9 Å². The lowest BCUT2D eigenvalue weighted by Crippen LogP contribution is -2.60. The zero-order chi connectivity index (χ0) is 27.6. The standard InChI is InChI=1S/C29H26BrFO8/c30-16-17-35-29-25(39-28(34)21-14-8-3-9-15-21)24(38-27(33)20-12-6-2-7-13-20)23(31)22(37-29)18-36-26(32)19-10-4-1-5-11-19/h1-15,22-25,29H,16-18H2/t22-,23-,24+,25-,29?/m1/s1. The van der Waals surface area contributed by atoms with Crippen LogP contribution in [0.2, 0.25) is 0 Å². The summed E-state index contributed by atoms with van der Waals surface area (Å²) in [7, 11) is 0. The van der Waals surface area contributed by atoms with Crippen molar-refractivity contribution in [3.63, 3.8) is 0 Å². The predicted octanol–water partition coefficient (Wildman–Crippen LogP) is 4.77. The number of carbonyl (C=O) groups is 3. The van der Waals surface area contributed by atoms with E-state index in [-0.39, 0.29) is 23.3 Å². The molecular formula is C29H26BrFO8. The van der Waals surface area contributed by atoms with Crippen molar-refractivity contribution in [1.82, 2.24) is 0 Å². The van der Waals surface area contributed by atoms with E-state index >= 15 is 4.39 Å². The first-order valence-electron chi connectivity index (χ1n) is 12.2. The number of benzene rings is 3. The van der Waals surface area contributed by atoms with E-state index in [2.05, 4.69) is 15.9 Å². The summed E-state index contributed by atoms with van der Waals surface area (Å²) in [5.41, 5.74) is 0.658. The van der Waals surface area contributed by atoms with Gasteiger partial charge in [-0.1, -0.05) is 70.5 Å². The highest BCUT2D eigenvalue weighted by Gasteiger charge is 2.52. The first kappa shape index (κ1) is 28.4. The topological polar surface area (TPSA) is 97.4 Å². The molecule has 1 aliphatic heterocycles. The van der Waals surface area contributed by atoms with Crippen LogP contribution in [0.4, 0.5) is 4.39 Å². The number of hydrogen-bond donors (Lipinski definition) is 0. The first-order valence-corrected chi connectivity index (χ1v) is 13.3. The van der Waals surface area contributed by atoms with Crippen molar-refractivity contribution in [2.75, 3.05) is 18.5 Å². The minimum Gasteiger partial charge on any atom is -0.459 e. The zero-order valence-electron chi connectivity index (χ0n) is 20.7. The molecule has 0 saturated carbocycles. The SMILES string of the molecule is O=C(OC[C@H]1OC(OCCBr)[C@H](OC(=O)c2ccccc2)[C@@H](OC(=O)c2ccccc2)[C@@H]1F)c1ccccc1. The summed E-state index contributed by atoms with van der Waals surface area (Å²) in [6, 6.07) is 24.3. The van der Waals surface area contributed by atoms with E-state index in [1.807, 2.05) is 0 Å². The fraction of sp³-hybridized carbons (Fsp3) is 0.276. The molecule has 1 saturated heterocycles. The van der Waals surface area contributed by atoms with Crippen LogP contribution in [0.5, 0.6) is 0 Å². The third-order valence-corrected chi connectivity index (χ3v) is 6.15. The molecule has 3 aromatic carbocycles. The molecule has 4 rings (SSSR count). The van der Waals surface area contributed by atoms with Crippen LogP contribution in [0, 0.1) is 0 Å². The Balaban J connectivity index is 1.59. The smallest absolute Gasteiger partial charge is 0.338 e. The van der Waals surface area contributed by atoms with Crippen LogP contribution in [-0.4, -0.2) is 67.2 Å². The lowest BCUT2D eigenvalue weighted by atomic mass is 9.99. The Labute approximate surface area is 233 Å². The number of rotatable bonds is 10. The summed E-state index contributed by atoms with van der Waals surface area (Å²) < 4.78 is 44.0. The van der Waals surface area contributed by atoms with E-state index in [0.29, 0.717) is 5.33 Å². The third kappa shape index (κ3) is 7.50. The van der Waals surface area contributed by atoms with E-state index in [1.165, 1.54) is 24.3 Å². The molecule has 1 aliphatic rings. The molecule has 1 fully saturated rings. The monoisotopic (exact) mass is 600 g/mol. The quantitative estimate of drug-likeness (QED) is 0.186. The molecule has 39 heavy (non-hydrogen) atoms. The van der Waals surface area contributed by atoms with Crippen molar-refractivity contribution < 1.29 is 42.5 Å². The van der Waals surface area contributed by atoms with Gasteiger partial charge in [0.05, 0.1) is 23.3 Å². The van der Waals surface area contributed by atoms with Crippen LogP contribution in [0.15, 0.2) is 91.0 Å². The lowest BCUT2D eigenvalue weighted by Gasteiger charge is -2.42. The van der Waals surface area contributed by atoms with Crippen LogP contribution in [0.25, 0.3) is 0 Å². The fourth-order valence-electron chi connectivity index (χ4n) is 3.90. The van der Waals surface area contributed by atoms with Gasteiger partial charge in [0, 0.05) is 5.33 Å². The molecule has 0 radical (unpaired) electrons. The van der Waals surface area contributed by atoms with Crippen LogP contribution < -0.4 is 0 Å². The molecule has 8 nitrogen and oxygen atoms in total. The van der Waals surface area contributed by atoms with Gasteiger partial charge in [0.15, 0.2) is 24.7 Å². The van der Waals surface area contributed by atoms with Crippen LogP contribution in [0.3, 0.4) is 0 Å². The Kier molecular flexibility index (Phi) is 10.2. The van der Waals surface area contributed by atoms with Gasteiger partial charge in [-0.3, -0.25) is 0 Å². The molecule has 0 N–H and O–H groups in total. The van der Waals surface area contributed by atoms with Crippen LogP contribution in [-0.2, 0) is 23.7 Å². The van der Waals surface area contributed by atoms with E-state index in [9.17, 15) is 14.4 Å². The van der Waals surface area contributed by atoms with Crippen LogP contribution >= 0.6 is 15.9 Å². The fourth-order valence-corrected chi connectivity index (χ4v) is 4.09. The number of hydrogen-bond acceptors (Lipinski definition) is 8. The van der Waals surface area contributed by atoms with E-state index in [4.69, 9.17) is 23.7 Å². The second-order valence-electron chi connectivity index (χ2n) is 8.48. The van der Waals surface area contributed by atoms with Crippen LogP contribution in [0.1, 0.15) is 31.1 Å². The average Bonchev–Trinajstić information content (AvgIpc) is 2.99. The minimum absolute atomic E-state index is 0.108. The highest BCUT2D eigenvalue weighted by molar-refractivity contribution is 9.09. The summed E-state index contributed by atoms with van der Waals surface area (Å²) in [6.07, 6.45) is -7.81. The van der Waals surface area contributed by atoms with E-state index in [0.717, 1.165) is 0 Å². The Bertz CT molecular complexity index is 1230. The Morgan fingerprint density at radius 3 is 1.67 bits per heavy atom. The zero-order valence-corrected chi connectivity index (χ0v) is 22.3. The first-order chi connectivity index (χ1) is 19.0. The molecule has 0 bridgehead atoms. The number of alkyl halides is 2. The molecule has 0 aromatic heterocycles. The summed E-state index contributed by atoms with van der Waals surface area (Å²) in [5.74, 6) is -2.29. The largest absolute Gasteiger partial charge is 0.459 e. The van der Waals surface area contributed by atoms with Gasteiger partial charge in [0.25, 0.3) is 0 Å². The molecular weight excluding hydrogens is 575 g/mol. The lowest BCUT2D eigenvalue weighted by molar-refractivity contribution is -0.287. The molecule has 3 aromatic rings. The normalized spacial score (nSPS) is 22.5. The van der Waals surface area contributed by atoms with Gasteiger partial charge in [0.2, 0.25) is 0 Å². The summed E-state index contributed by atoms with van der Waals surface area (Å²) >= 11 is 3.26. The van der Waals surface area contributed by atoms with Gasteiger partial charge in [-0.2, -0.15) is 0 Å². The highest BCUT2D eigenvalue weighted by Crippen LogP contribution is 2.31. The molecule has 204 valence electrons. The third-order valence-electron chi connectivity index (χ3n) is 5.82. The number of halogens is 2. The summed E-state index contributed by atoms with van der Waals surface area (Å²) in [5, 5.41) is 0.396. The van der Waals surface area contributed by atoms with Crippen molar-refractivity contribution in [3.8, 4) is 0 Å². The minimum atomic E-state index is -2.03. The maximum Gasteiger partial charge on any atom is 0.338 e. The predicted molar refractivity (Wildman–Crippen MR) is 141 cm³/mol. The van der Waals surface area contributed by atoms with Crippen molar-refractivity contribution in [2.45, 2.75) is 30.8 Å². The van der Waals surface area contributed by atoms with E-state index in [1.54, 1.807) is 66.7 Å². The van der Waals surface area contributed by atoms with Gasteiger partial charge in [-0.15, -0.1) is 0 Å². The summed E-state index contributed by atoms with van der Waals surface area (Å²) in [4.78, 5) is 38.3. The van der Waals surface area contributed by atoms with Crippen molar-refractivity contribution in [1.29, 1.82) is 0 Å². The number of ether oxygens (including phenoxy) is 5. The van der Waals surface area contributed by atoms with Crippen molar-refractivity contribution >= 4 is 33.8 Å². The Morgan fingerprint density at radius 1 is 0.718 bits per heavy atom. The Hall–Kier alpha value is -3.60. The molecule has 0 spiro atoms.